The molecular formula is C13H14BrFN2O2. The Labute approximate surface area is 118 Å². The third kappa shape index (κ3) is 3.76. The molecule has 102 valence electrons. The zero-order chi connectivity index (χ0) is 14.0. The summed E-state index contributed by atoms with van der Waals surface area (Å²) in [5.41, 5.74) is 0.172. The molecule has 0 radical (unpaired) electrons. The number of halogens is 2. The van der Waals surface area contributed by atoms with Crippen molar-refractivity contribution in [1.82, 2.24) is 10.6 Å². The molecule has 19 heavy (non-hydrogen) atoms. The monoisotopic (exact) mass is 328 g/mol. The van der Waals surface area contributed by atoms with Crippen LogP contribution >= 0.6 is 15.9 Å². The molecule has 0 saturated heterocycles. The summed E-state index contributed by atoms with van der Waals surface area (Å²) in [4.78, 5) is 23.6. The molecule has 4 nitrogen and oxygen atoms in total. The van der Waals surface area contributed by atoms with Crippen molar-refractivity contribution in [2.24, 2.45) is 0 Å². The summed E-state index contributed by atoms with van der Waals surface area (Å²) in [6, 6.07) is 3.44. The lowest BCUT2D eigenvalue weighted by Crippen LogP contribution is -2.45. The van der Waals surface area contributed by atoms with Gasteiger partial charge >= 0.3 is 0 Å². The second-order valence-electron chi connectivity index (χ2n) is 4.60. The molecule has 1 aromatic carbocycles. The zero-order valence-corrected chi connectivity index (χ0v) is 12.0. The molecule has 0 aromatic heterocycles. The third-order valence-corrected chi connectivity index (χ3v) is 3.53. The molecule has 1 aliphatic carbocycles. The topological polar surface area (TPSA) is 58.2 Å². The molecule has 0 spiro atoms. The Morgan fingerprint density at radius 3 is 2.74 bits per heavy atom. The Morgan fingerprint density at radius 2 is 2.11 bits per heavy atom. The van der Waals surface area contributed by atoms with E-state index in [9.17, 15) is 14.0 Å². The summed E-state index contributed by atoms with van der Waals surface area (Å²) in [7, 11) is 0. The van der Waals surface area contributed by atoms with E-state index in [1.54, 1.807) is 6.92 Å². The van der Waals surface area contributed by atoms with Crippen LogP contribution in [0.4, 0.5) is 4.39 Å². The third-order valence-electron chi connectivity index (χ3n) is 2.84. The Balaban J connectivity index is 1.99. The van der Waals surface area contributed by atoms with Crippen molar-refractivity contribution in [1.29, 1.82) is 0 Å². The first-order valence-electron chi connectivity index (χ1n) is 6.03. The van der Waals surface area contributed by atoms with Gasteiger partial charge in [0.1, 0.15) is 11.9 Å². The van der Waals surface area contributed by atoms with Crippen LogP contribution in [-0.2, 0) is 4.79 Å². The lowest BCUT2D eigenvalue weighted by atomic mass is 10.2. The number of amides is 2. The van der Waals surface area contributed by atoms with Gasteiger partial charge in [0.05, 0.1) is 5.56 Å². The minimum absolute atomic E-state index is 0.172. The largest absolute Gasteiger partial charge is 0.352 e. The summed E-state index contributed by atoms with van der Waals surface area (Å²) < 4.78 is 13.6. The molecule has 1 fully saturated rings. The van der Waals surface area contributed by atoms with Crippen LogP contribution in [-0.4, -0.2) is 23.9 Å². The quantitative estimate of drug-likeness (QED) is 0.888. The molecule has 2 amide bonds. The molecule has 2 N–H and O–H groups in total. The van der Waals surface area contributed by atoms with E-state index < -0.39 is 17.8 Å². The fraction of sp³-hybridized carbons (Fsp3) is 0.385. The van der Waals surface area contributed by atoms with Crippen molar-refractivity contribution in [2.45, 2.75) is 31.8 Å². The van der Waals surface area contributed by atoms with Gasteiger partial charge in [-0.1, -0.05) is 0 Å². The minimum Gasteiger partial charge on any atom is -0.352 e. The van der Waals surface area contributed by atoms with Gasteiger partial charge < -0.3 is 10.6 Å². The van der Waals surface area contributed by atoms with Gasteiger partial charge in [-0.25, -0.2) is 4.39 Å². The van der Waals surface area contributed by atoms with Crippen molar-refractivity contribution in [3.8, 4) is 0 Å². The number of carbonyl (C=O) groups excluding carboxylic acids is 2. The molecule has 0 aliphatic heterocycles. The summed E-state index contributed by atoms with van der Waals surface area (Å²) in [6.45, 7) is 1.60. The highest BCUT2D eigenvalue weighted by Gasteiger charge is 2.26. The van der Waals surface area contributed by atoms with Gasteiger partial charge in [-0.05, 0) is 53.9 Å². The normalized spacial score (nSPS) is 15.7. The number of carbonyl (C=O) groups is 2. The maximum absolute atomic E-state index is 13.1. The van der Waals surface area contributed by atoms with Gasteiger partial charge in [0.25, 0.3) is 5.91 Å². The molecule has 0 bridgehead atoms. The maximum Gasteiger partial charge on any atom is 0.253 e. The number of hydrogen-bond donors (Lipinski definition) is 2. The van der Waals surface area contributed by atoms with Crippen molar-refractivity contribution in [3.05, 3.63) is 34.1 Å². The van der Waals surface area contributed by atoms with E-state index in [1.165, 1.54) is 12.1 Å². The van der Waals surface area contributed by atoms with Crippen molar-refractivity contribution >= 4 is 27.7 Å². The second kappa shape index (κ2) is 5.69. The van der Waals surface area contributed by atoms with Crippen LogP contribution in [0.5, 0.6) is 0 Å². The van der Waals surface area contributed by atoms with E-state index in [0.29, 0.717) is 4.47 Å². The summed E-state index contributed by atoms with van der Waals surface area (Å²) >= 11 is 3.18. The van der Waals surface area contributed by atoms with E-state index >= 15 is 0 Å². The minimum atomic E-state index is -0.650. The zero-order valence-electron chi connectivity index (χ0n) is 10.4. The van der Waals surface area contributed by atoms with Crippen molar-refractivity contribution < 1.29 is 14.0 Å². The molecular weight excluding hydrogens is 315 g/mol. The molecule has 6 heteroatoms. The smallest absolute Gasteiger partial charge is 0.253 e. The van der Waals surface area contributed by atoms with Gasteiger partial charge in [0.2, 0.25) is 5.91 Å². The average Bonchev–Trinajstić information content (AvgIpc) is 3.15. The fourth-order valence-electron chi connectivity index (χ4n) is 1.57. The molecule has 1 unspecified atom stereocenters. The fourth-order valence-corrected chi connectivity index (χ4v) is 1.99. The Morgan fingerprint density at radius 1 is 1.42 bits per heavy atom. The van der Waals surface area contributed by atoms with E-state index in [-0.39, 0.29) is 17.5 Å². The number of hydrogen-bond acceptors (Lipinski definition) is 2. The summed E-state index contributed by atoms with van der Waals surface area (Å²) in [5.74, 6) is -1.20. The van der Waals surface area contributed by atoms with Crippen LogP contribution in [0.15, 0.2) is 22.7 Å². The van der Waals surface area contributed by atoms with Gasteiger partial charge in [0, 0.05) is 10.5 Å². The highest BCUT2D eigenvalue weighted by Crippen LogP contribution is 2.19. The molecule has 2 rings (SSSR count). The lowest BCUT2D eigenvalue weighted by molar-refractivity contribution is -0.122. The highest BCUT2D eigenvalue weighted by molar-refractivity contribution is 9.10. The Bertz CT molecular complexity index is 517. The van der Waals surface area contributed by atoms with Crippen LogP contribution < -0.4 is 10.6 Å². The molecule has 0 heterocycles. The first-order chi connectivity index (χ1) is 8.97. The summed E-state index contributed by atoms with van der Waals surface area (Å²) in [5, 5.41) is 5.35. The van der Waals surface area contributed by atoms with Crippen molar-refractivity contribution in [2.75, 3.05) is 0 Å². The SMILES string of the molecule is CC(NC(=O)c1cc(F)ccc1Br)C(=O)NC1CC1. The van der Waals surface area contributed by atoms with Gasteiger partial charge in [0.15, 0.2) is 0 Å². The van der Waals surface area contributed by atoms with Crippen molar-refractivity contribution in [3.63, 3.8) is 0 Å². The second-order valence-corrected chi connectivity index (χ2v) is 5.46. The number of nitrogens with one attached hydrogen (secondary N) is 2. The van der Waals surface area contributed by atoms with Gasteiger partial charge in [-0.15, -0.1) is 0 Å². The van der Waals surface area contributed by atoms with Gasteiger partial charge in [-0.3, -0.25) is 9.59 Å². The molecule has 1 aromatic rings. The van der Waals surface area contributed by atoms with E-state index in [4.69, 9.17) is 0 Å². The molecule has 1 aliphatic rings. The van der Waals surface area contributed by atoms with Crippen LogP contribution in [0.2, 0.25) is 0 Å². The summed E-state index contributed by atoms with van der Waals surface area (Å²) in [6.07, 6.45) is 1.98. The number of rotatable bonds is 4. The highest BCUT2D eigenvalue weighted by atomic mass is 79.9. The van der Waals surface area contributed by atoms with E-state index in [1.807, 2.05) is 0 Å². The molecule has 1 saturated carbocycles. The Kier molecular flexibility index (Phi) is 4.19. The van der Waals surface area contributed by atoms with Crippen LogP contribution in [0, 0.1) is 5.82 Å². The average molecular weight is 329 g/mol. The lowest BCUT2D eigenvalue weighted by Gasteiger charge is -2.14. The van der Waals surface area contributed by atoms with Crippen LogP contribution in [0.25, 0.3) is 0 Å². The maximum atomic E-state index is 13.1. The first kappa shape index (κ1) is 14.0. The Hall–Kier alpha value is -1.43. The standard InChI is InChI=1S/C13H14BrFN2O2/c1-7(12(18)17-9-3-4-9)16-13(19)10-6-8(15)2-5-11(10)14/h2,5-7,9H,3-4H2,1H3,(H,16,19)(H,17,18). The first-order valence-corrected chi connectivity index (χ1v) is 6.83. The van der Waals surface area contributed by atoms with Gasteiger partial charge in [-0.2, -0.15) is 0 Å². The van der Waals surface area contributed by atoms with E-state index in [2.05, 4.69) is 26.6 Å². The van der Waals surface area contributed by atoms with Crippen LogP contribution in [0.3, 0.4) is 0 Å². The predicted molar refractivity (Wildman–Crippen MR) is 72.2 cm³/mol. The molecule has 1 atom stereocenters. The van der Waals surface area contributed by atoms with Crippen LogP contribution in [0.1, 0.15) is 30.1 Å². The number of benzene rings is 1. The predicted octanol–water partition coefficient (Wildman–Crippen LogP) is 1.99. The van der Waals surface area contributed by atoms with E-state index in [0.717, 1.165) is 18.9 Å².